The molecule has 1 rings (SSSR count). The molecule has 0 bridgehead atoms. The summed E-state index contributed by atoms with van der Waals surface area (Å²) in [6, 6.07) is -0.688. The van der Waals surface area contributed by atoms with Gasteiger partial charge in [0.25, 0.3) is 5.91 Å². The van der Waals surface area contributed by atoms with E-state index in [-0.39, 0.29) is 18.9 Å². The molecule has 3 N–H and O–H groups in total. The molecule has 1 saturated heterocycles. The van der Waals surface area contributed by atoms with Crippen molar-refractivity contribution in [3.05, 3.63) is 0 Å². The highest BCUT2D eigenvalue weighted by Gasteiger charge is 2.24. The number of nitrogens with one attached hydrogen (secondary N) is 1. The smallest absolute Gasteiger partial charge is 0.312 e. The van der Waals surface area contributed by atoms with Crippen LogP contribution in [0.4, 0.5) is 4.79 Å². The summed E-state index contributed by atoms with van der Waals surface area (Å²) in [7, 11) is 0. The molecule has 0 aromatic heterocycles. The second kappa shape index (κ2) is 8.39. The van der Waals surface area contributed by atoms with E-state index in [0.29, 0.717) is 0 Å². The van der Waals surface area contributed by atoms with Gasteiger partial charge in [0.1, 0.15) is 0 Å². The quantitative estimate of drug-likeness (QED) is 0.713. The van der Waals surface area contributed by atoms with Gasteiger partial charge >= 0.3 is 12.0 Å². The zero-order valence-electron chi connectivity index (χ0n) is 11.9. The van der Waals surface area contributed by atoms with Crippen LogP contribution in [0.3, 0.4) is 0 Å². The number of esters is 1. The Bertz CT molecular complexity index is 352. The molecule has 0 spiro atoms. The van der Waals surface area contributed by atoms with E-state index in [1.807, 2.05) is 0 Å². The van der Waals surface area contributed by atoms with Gasteiger partial charge in [0.2, 0.25) is 0 Å². The lowest BCUT2D eigenvalue weighted by Gasteiger charge is -2.24. The van der Waals surface area contributed by atoms with Crippen LogP contribution in [0.25, 0.3) is 0 Å². The molecule has 0 unspecified atom stereocenters. The second-order valence-corrected chi connectivity index (χ2v) is 4.91. The molecule has 1 fully saturated rings. The third kappa shape index (κ3) is 5.90. The van der Waals surface area contributed by atoms with E-state index in [4.69, 9.17) is 10.5 Å². The lowest BCUT2D eigenvalue weighted by Crippen LogP contribution is -2.40. The highest BCUT2D eigenvalue weighted by Crippen LogP contribution is 2.11. The summed E-state index contributed by atoms with van der Waals surface area (Å²) in [6.07, 6.45) is 3.48. The number of nitrogens with zero attached hydrogens (tertiary/aromatic N) is 1. The SMILES string of the molecule is C[C@H](OC(=O)CCNC(N)=O)C(=O)N1CCCCCC1. The molecule has 0 saturated carbocycles. The van der Waals surface area contributed by atoms with Crippen molar-refractivity contribution in [1.82, 2.24) is 10.2 Å². The van der Waals surface area contributed by atoms with Crippen molar-refractivity contribution in [2.75, 3.05) is 19.6 Å². The van der Waals surface area contributed by atoms with E-state index >= 15 is 0 Å². The van der Waals surface area contributed by atoms with E-state index in [1.54, 1.807) is 11.8 Å². The van der Waals surface area contributed by atoms with Gasteiger partial charge in [0.15, 0.2) is 6.10 Å². The first-order chi connectivity index (χ1) is 9.50. The van der Waals surface area contributed by atoms with Gasteiger partial charge in [-0.1, -0.05) is 12.8 Å². The van der Waals surface area contributed by atoms with Crippen LogP contribution < -0.4 is 11.1 Å². The zero-order chi connectivity index (χ0) is 15.0. The molecule has 7 nitrogen and oxygen atoms in total. The second-order valence-electron chi connectivity index (χ2n) is 4.91. The third-order valence-corrected chi connectivity index (χ3v) is 3.20. The van der Waals surface area contributed by atoms with Gasteiger partial charge in [-0.25, -0.2) is 4.79 Å². The van der Waals surface area contributed by atoms with E-state index < -0.39 is 18.1 Å². The Morgan fingerprint density at radius 2 is 1.80 bits per heavy atom. The molecule has 0 aromatic carbocycles. The number of nitrogens with two attached hydrogens (primary N) is 1. The number of rotatable bonds is 5. The van der Waals surface area contributed by atoms with Gasteiger partial charge in [-0.05, 0) is 19.8 Å². The summed E-state index contributed by atoms with van der Waals surface area (Å²) in [4.78, 5) is 35.8. The minimum absolute atomic E-state index is 0.000556. The number of likely N-dealkylation sites (tertiary alicyclic amines) is 1. The van der Waals surface area contributed by atoms with Gasteiger partial charge in [0.05, 0.1) is 6.42 Å². The van der Waals surface area contributed by atoms with Crippen LogP contribution in [0.15, 0.2) is 0 Å². The Morgan fingerprint density at radius 3 is 2.35 bits per heavy atom. The molecule has 0 aromatic rings. The van der Waals surface area contributed by atoms with Crippen molar-refractivity contribution >= 4 is 17.9 Å². The van der Waals surface area contributed by atoms with Gasteiger partial charge in [-0.3, -0.25) is 9.59 Å². The van der Waals surface area contributed by atoms with Crippen molar-refractivity contribution in [3.63, 3.8) is 0 Å². The van der Waals surface area contributed by atoms with Crippen LogP contribution in [-0.2, 0) is 14.3 Å². The average molecular weight is 285 g/mol. The fourth-order valence-corrected chi connectivity index (χ4v) is 2.14. The molecule has 0 radical (unpaired) electrons. The summed E-state index contributed by atoms with van der Waals surface area (Å²) in [5.41, 5.74) is 4.88. The fourth-order valence-electron chi connectivity index (χ4n) is 2.14. The lowest BCUT2D eigenvalue weighted by atomic mass is 10.2. The Hall–Kier alpha value is -1.79. The summed E-state index contributed by atoms with van der Waals surface area (Å²) >= 11 is 0. The predicted octanol–water partition coefficient (Wildman–Crippen LogP) is 0.379. The maximum absolute atomic E-state index is 12.1. The van der Waals surface area contributed by atoms with E-state index in [1.165, 1.54) is 0 Å². The summed E-state index contributed by atoms with van der Waals surface area (Å²) in [5.74, 6) is -0.669. The molecular formula is C13H23N3O4. The third-order valence-electron chi connectivity index (χ3n) is 3.20. The summed E-state index contributed by atoms with van der Waals surface area (Å²) in [5, 5.41) is 2.29. The van der Waals surface area contributed by atoms with Crippen molar-refractivity contribution < 1.29 is 19.1 Å². The molecule has 3 amide bonds. The predicted molar refractivity (Wildman–Crippen MR) is 72.8 cm³/mol. The standard InChI is InChI=1S/C13H23N3O4/c1-10(20-11(17)6-7-15-13(14)19)12(18)16-8-4-2-3-5-9-16/h10H,2-9H2,1H3,(H3,14,15,19)/t10-/m0/s1. The summed E-state index contributed by atoms with van der Waals surface area (Å²) in [6.45, 7) is 3.14. The molecule has 0 aliphatic carbocycles. The Morgan fingerprint density at radius 1 is 1.20 bits per heavy atom. The minimum Gasteiger partial charge on any atom is -0.452 e. The Kier molecular flexibility index (Phi) is 6.83. The number of hydrogen-bond acceptors (Lipinski definition) is 4. The number of carbonyl (C=O) groups is 3. The number of urea groups is 1. The average Bonchev–Trinajstić information content (AvgIpc) is 2.66. The van der Waals surface area contributed by atoms with Crippen LogP contribution in [0.2, 0.25) is 0 Å². The zero-order valence-corrected chi connectivity index (χ0v) is 11.9. The molecule has 1 heterocycles. The fraction of sp³-hybridized carbons (Fsp3) is 0.769. The van der Waals surface area contributed by atoms with Crippen LogP contribution in [0.1, 0.15) is 39.0 Å². The number of ether oxygens (including phenoxy) is 1. The molecule has 7 heteroatoms. The largest absolute Gasteiger partial charge is 0.452 e. The van der Waals surface area contributed by atoms with Crippen LogP contribution in [-0.4, -0.2) is 48.5 Å². The minimum atomic E-state index is -0.783. The maximum atomic E-state index is 12.1. The first-order valence-corrected chi connectivity index (χ1v) is 7.02. The van der Waals surface area contributed by atoms with Crippen LogP contribution in [0.5, 0.6) is 0 Å². The maximum Gasteiger partial charge on any atom is 0.312 e. The van der Waals surface area contributed by atoms with Crippen molar-refractivity contribution in [2.24, 2.45) is 5.73 Å². The number of hydrogen-bond donors (Lipinski definition) is 2. The van der Waals surface area contributed by atoms with Crippen LogP contribution in [0, 0.1) is 0 Å². The normalized spacial score (nSPS) is 16.9. The van der Waals surface area contributed by atoms with Crippen molar-refractivity contribution in [3.8, 4) is 0 Å². The van der Waals surface area contributed by atoms with Crippen molar-refractivity contribution in [2.45, 2.75) is 45.1 Å². The lowest BCUT2D eigenvalue weighted by molar-refractivity contribution is -0.159. The number of amides is 3. The van der Waals surface area contributed by atoms with Gasteiger partial charge < -0.3 is 20.7 Å². The first kappa shape index (κ1) is 16.3. The molecule has 114 valence electrons. The molecule has 1 atom stereocenters. The van der Waals surface area contributed by atoms with E-state index in [9.17, 15) is 14.4 Å². The highest BCUT2D eigenvalue weighted by molar-refractivity contribution is 5.83. The molecule has 1 aliphatic heterocycles. The summed E-state index contributed by atoms with van der Waals surface area (Å²) < 4.78 is 5.07. The molecule has 1 aliphatic rings. The Labute approximate surface area is 118 Å². The topological polar surface area (TPSA) is 102 Å². The van der Waals surface area contributed by atoms with Crippen LogP contribution >= 0.6 is 0 Å². The highest BCUT2D eigenvalue weighted by atomic mass is 16.5. The number of primary amides is 1. The van der Waals surface area contributed by atoms with Gasteiger partial charge in [-0.15, -0.1) is 0 Å². The van der Waals surface area contributed by atoms with E-state index in [0.717, 1.165) is 38.8 Å². The van der Waals surface area contributed by atoms with E-state index in [2.05, 4.69) is 5.32 Å². The van der Waals surface area contributed by atoms with Gasteiger partial charge in [0, 0.05) is 19.6 Å². The van der Waals surface area contributed by atoms with Gasteiger partial charge in [-0.2, -0.15) is 0 Å². The number of carbonyl (C=O) groups excluding carboxylic acids is 3. The molecule has 20 heavy (non-hydrogen) atoms. The van der Waals surface area contributed by atoms with Crippen molar-refractivity contribution in [1.29, 1.82) is 0 Å². The monoisotopic (exact) mass is 285 g/mol. The first-order valence-electron chi connectivity index (χ1n) is 7.02. The Balaban J connectivity index is 2.32. The molecular weight excluding hydrogens is 262 g/mol.